The standard InChI is InChI=1S/C13H15FN4O/c1-16-12-11(14)10(5-7-17-12)13(19)18(8-2-6-15)9-3-4-9/h5,7,9H,2-4,8H2,1H3,(H,16,17). The number of pyridine rings is 1. The van der Waals surface area contributed by atoms with Gasteiger partial charge in [0.05, 0.1) is 18.1 Å². The first-order valence-corrected chi connectivity index (χ1v) is 6.19. The SMILES string of the molecule is CNc1nccc(C(=O)N(CCC#N)C2CC2)c1F. The van der Waals surface area contributed by atoms with Crippen LogP contribution in [-0.4, -0.2) is 35.4 Å². The monoisotopic (exact) mass is 262 g/mol. The first-order chi connectivity index (χ1) is 9.19. The van der Waals surface area contributed by atoms with Crippen molar-refractivity contribution >= 4 is 11.7 Å². The summed E-state index contributed by atoms with van der Waals surface area (Å²) in [5.41, 5.74) is 0.00388. The first-order valence-electron chi connectivity index (χ1n) is 6.19. The van der Waals surface area contributed by atoms with Crippen LogP contribution in [0.2, 0.25) is 0 Å². The highest BCUT2D eigenvalue weighted by atomic mass is 19.1. The molecule has 0 saturated heterocycles. The third-order valence-electron chi connectivity index (χ3n) is 3.07. The number of rotatable bonds is 5. The van der Waals surface area contributed by atoms with Crippen molar-refractivity contribution in [2.45, 2.75) is 25.3 Å². The topological polar surface area (TPSA) is 69.0 Å². The molecule has 1 aromatic heterocycles. The van der Waals surface area contributed by atoms with Crippen molar-refractivity contribution in [3.63, 3.8) is 0 Å². The molecule has 1 saturated carbocycles. The summed E-state index contributed by atoms with van der Waals surface area (Å²) >= 11 is 0. The molecule has 5 nitrogen and oxygen atoms in total. The molecule has 0 radical (unpaired) electrons. The van der Waals surface area contributed by atoms with Gasteiger partial charge in [0, 0.05) is 25.8 Å². The van der Waals surface area contributed by atoms with E-state index in [1.165, 1.54) is 12.3 Å². The minimum Gasteiger partial charge on any atom is -0.371 e. The Kier molecular flexibility index (Phi) is 3.95. The summed E-state index contributed by atoms with van der Waals surface area (Å²) < 4.78 is 14.1. The maximum absolute atomic E-state index is 14.1. The van der Waals surface area contributed by atoms with Gasteiger partial charge in [0.1, 0.15) is 0 Å². The minimum atomic E-state index is -0.641. The van der Waals surface area contributed by atoms with Gasteiger partial charge < -0.3 is 10.2 Å². The molecule has 0 aliphatic heterocycles. The van der Waals surface area contributed by atoms with Crippen molar-refractivity contribution in [3.8, 4) is 6.07 Å². The third kappa shape index (κ3) is 2.81. The van der Waals surface area contributed by atoms with E-state index in [-0.39, 0.29) is 29.8 Å². The zero-order valence-electron chi connectivity index (χ0n) is 10.7. The predicted molar refractivity (Wildman–Crippen MR) is 68.0 cm³/mol. The average Bonchev–Trinajstić information content (AvgIpc) is 3.24. The molecule has 0 spiro atoms. The Labute approximate surface area is 111 Å². The Morgan fingerprint density at radius 3 is 3.00 bits per heavy atom. The summed E-state index contributed by atoms with van der Waals surface area (Å²) in [6, 6.07) is 3.53. The molecule has 0 atom stereocenters. The molecule has 1 aromatic rings. The minimum absolute atomic E-state index is 0.00388. The number of carbonyl (C=O) groups is 1. The van der Waals surface area contributed by atoms with E-state index in [4.69, 9.17) is 5.26 Å². The van der Waals surface area contributed by atoms with Crippen LogP contribution in [-0.2, 0) is 0 Å². The van der Waals surface area contributed by atoms with Gasteiger partial charge >= 0.3 is 0 Å². The van der Waals surface area contributed by atoms with E-state index in [0.717, 1.165) is 12.8 Å². The lowest BCUT2D eigenvalue weighted by Crippen LogP contribution is -2.34. The highest BCUT2D eigenvalue weighted by Gasteiger charge is 2.34. The molecule has 0 bridgehead atoms. The number of hydrogen-bond donors (Lipinski definition) is 1. The third-order valence-corrected chi connectivity index (χ3v) is 3.07. The maximum Gasteiger partial charge on any atom is 0.257 e. The number of aromatic nitrogens is 1. The number of hydrogen-bond acceptors (Lipinski definition) is 4. The molecule has 6 heteroatoms. The number of halogens is 1. The maximum atomic E-state index is 14.1. The molecule has 100 valence electrons. The lowest BCUT2D eigenvalue weighted by Gasteiger charge is -2.21. The van der Waals surface area contributed by atoms with Gasteiger partial charge in [0.2, 0.25) is 0 Å². The van der Waals surface area contributed by atoms with Gasteiger partial charge in [-0.1, -0.05) is 0 Å². The normalized spacial score (nSPS) is 13.7. The molecule has 0 aromatic carbocycles. The lowest BCUT2D eigenvalue weighted by molar-refractivity contribution is 0.0742. The smallest absolute Gasteiger partial charge is 0.257 e. The van der Waals surface area contributed by atoms with Gasteiger partial charge in [-0.3, -0.25) is 4.79 Å². The molecule has 1 aliphatic rings. The summed E-state index contributed by atoms with van der Waals surface area (Å²) in [6.45, 7) is 0.344. The molecule has 1 N–H and O–H groups in total. The van der Waals surface area contributed by atoms with E-state index in [2.05, 4.69) is 10.3 Å². The van der Waals surface area contributed by atoms with Crippen LogP contribution in [0.1, 0.15) is 29.6 Å². The van der Waals surface area contributed by atoms with Crippen LogP contribution < -0.4 is 5.32 Å². The van der Waals surface area contributed by atoms with Crippen molar-refractivity contribution in [2.24, 2.45) is 0 Å². The fourth-order valence-electron chi connectivity index (χ4n) is 1.94. The van der Waals surface area contributed by atoms with Crippen molar-refractivity contribution in [1.82, 2.24) is 9.88 Å². The van der Waals surface area contributed by atoms with Crippen LogP contribution in [0.25, 0.3) is 0 Å². The quantitative estimate of drug-likeness (QED) is 0.878. The Balaban J connectivity index is 2.24. The van der Waals surface area contributed by atoms with Crippen LogP contribution >= 0.6 is 0 Å². The Morgan fingerprint density at radius 2 is 2.42 bits per heavy atom. The summed E-state index contributed by atoms with van der Waals surface area (Å²) in [7, 11) is 1.55. The lowest BCUT2D eigenvalue weighted by atomic mass is 10.2. The van der Waals surface area contributed by atoms with Crippen molar-refractivity contribution in [3.05, 3.63) is 23.6 Å². The average molecular weight is 262 g/mol. The van der Waals surface area contributed by atoms with E-state index in [0.29, 0.717) is 6.54 Å². The van der Waals surface area contributed by atoms with Gasteiger partial charge in [0.15, 0.2) is 11.6 Å². The second kappa shape index (κ2) is 5.65. The molecular weight excluding hydrogens is 247 g/mol. The van der Waals surface area contributed by atoms with Gasteiger partial charge in [0.25, 0.3) is 5.91 Å². The summed E-state index contributed by atoms with van der Waals surface area (Å²) in [5, 5.41) is 11.2. The second-order valence-electron chi connectivity index (χ2n) is 4.41. The Morgan fingerprint density at radius 1 is 1.68 bits per heavy atom. The molecule has 19 heavy (non-hydrogen) atoms. The largest absolute Gasteiger partial charge is 0.371 e. The van der Waals surface area contributed by atoms with E-state index in [9.17, 15) is 9.18 Å². The van der Waals surface area contributed by atoms with Crippen molar-refractivity contribution < 1.29 is 9.18 Å². The number of nitriles is 1. The van der Waals surface area contributed by atoms with E-state index in [1.54, 1.807) is 11.9 Å². The number of nitrogens with one attached hydrogen (secondary N) is 1. The number of anilines is 1. The summed E-state index contributed by atoms with van der Waals surface area (Å²) in [6.07, 6.45) is 3.50. The van der Waals surface area contributed by atoms with E-state index in [1.807, 2.05) is 6.07 Å². The van der Waals surface area contributed by atoms with Crippen LogP contribution in [0.3, 0.4) is 0 Å². The molecule has 1 heterocycles. The van der Waals surface area contributed by atoms with E-state index < -0.39 is 5.82 Å². The molecule has 2 rings (SSSR count). The predicted octanol–water partition coefficient (Wildman–Crippen LogP) is 1.78. The van der Waals surface area contributed by atoms with Crippen molar-refractivity contribution in [2.75, 3.05) is 18.9 Å². The molecular formula is C13H15FN4O. The number of amides is 1. The second-order valence-corrected chi connectivity index (χ2v) is 4.41. The Hall–Kier alpha value is -2.16. The summed E-state index contributed by atoms with van der Waals surface area (Å²) in [5.74, 6) is -0.950. The van der Waals surface area contributed by atoms with Gasteiger partial charge in [-0.15, -0.1) is 0 Å². The zero-order valence-corrected chi connectivity index (χ0v) is 10.7. The summed E-state index contributed by atoms with van der Waals surface area (Å²) in [4.78, 5) is 17.7. The van der Waals surface area contributed by atoms with E-state index >= 15 is 0 Å². The highest BCUT2D eigenvalue weighted by molar-refractivity contribution is 5.95. The van der Waals surface area contributed by atoms with Crippen molar-refractivity contribution in [1.29, 1.82) is 5.26 Å². The van der Waals surface area contributed by atoms with Gasteiger partial charge in [-0.25, -0.2) is 9.37 Å². The van der Waals surface area contributed by atoms with Gasteiger partial charge in [-0.05, 0) is 18.9 Å². The highest BCUT2D eigenvalue weighted by Crippen LogP contribution is 2.29. The first kappa shape index (κ1) is 13.3. The van der Waals surface area contributed by atoms with Gasteiger partial charge in [-0.2, -0.15) is 5.26 Å². The van der Waals surface area contributed by atoms with Crippen LogP contribution in [0.4, 0.5) is 10.2 Å². The number of nitrogens with zero attached hydrogens (tertiary/aromatic N) is 3. The van der Waals surface area contributed by atoms with Crippen LogP contribution in [0.15, 0.2) is 12.3 Å². The van der Waals surface area contributed by atoms with Crippen LogP contribution in [0.5, 0.6) is 0 Å². The molecule has 0 unspecified atom stereocenters. The molecule has 1 amide bonds. The Bertz CT molecular complexity index is 522. The molecule has 1 fully saturated rings. The van der Waals surface area contributed by atoms with Crippen LogP contribution in [0, 0.1) is 17.1 Å². The number of carbonyl (C=O) groups excluding carboxylic acids is 1. The fraction of sp³-hybridized carbons (Fsp3) is 0.462. The molecule has 1 aliphatic carbocycles. The zero-order chi connectivity index (χ0) is 13.8. The fourth-order valence-corrected chi connectivity index (χ4v) is 1.94.